The van der Waals surface area contributed by atoms with Crippen LogP contribution in [0, 0.1) is 0 Å². The number of anilines is 1. The number of amides is 1. The van der Waals surface area contributed by atoms with E-state index in [0.717, 1.165) is 32.1 Å². The molecule has 0 unspecified atom stereocenters. The van der Waals surface area contributed by atoms with E-state index in [4.69, 9.17) is 28.3 Å². The van der Waals surface area contributed by atoms with Crippen molar-refractivity contribution in [1.29, 1.82) is 0 Å². The maximum atomic E-state index is 11.9. The topological polar surface area (TPSA) is 66.4 Å². The number of carbonyl (C=O) groups is 2. The molecule has 1 rings (SSSR count). The number of nitrogens with one attached hydrogen (secondary N) is 1. The molecule has 0 saturated carbocycles. The first kappa shape index (κ1) is 17.8. The van der Waals surface area contributed by atoms with E-state index in [1.54, 1.807) is 0 Å². The number of unbranched alkanes of at least 4 members (excludes halogenated alkanes) is 4. The Morgan fingerprint density at radius 2 is 1.81 bits per heavy atom. The van der Waals surface area contributed by atoms with Crippen LogP contribution >= 0.6 is 23.2 Å². The summed E-state index contributed by atoms with van der Waals surface area (Å²) in [6.45, 7) is 2.13. The molecule has 0 aliphatic carbocycles. The summed E-state index contributed by atoms with van der Waals surface area (Å²) >= 11 is 11.7. The zero-order chi connectivity index (χ0) is 15.8. The fraction of sp³-hybridized carbons (Fsp3) is 0.467. The van der Waals surface area contributed by atoms with Crippen LogP contribution in [0.1, 0.15) is 55.8 Å². The normalized spacial score (nSPS) is 10.4. The third-order valence-electron chi connectivity index (χ3n) is 3.06. The third kappa shape index (κ3) is 5.94. The van der Waals surface area contributed by atoms with Gasteiger partial charge >= 0.3 is 5.97 Å². The van der Waals surface area contributed by atoms with Crippen LogP contribution in [0.25, 0.3) is 0 Å². The molecule has 1 aromatic carbocycles. The minimum Gasteiger partial charge on any atom is -0.478 e. The van der Waals surface area contributed by atoms with Crippen LogP contribution in [-0.2, 0) is 4.79 Å². The molecule has 0 aliphatic heterocycles. The Kier molecular flexibility index (Phi) is 7.54. The Morgan fingerprint density at radius 1 is 1.14 bits per heavy atom. The maximum absolute atomic E-state index is 11.9. The molecule has 1 aromatic rings. The van der Waals surface area contributed by atoms with Crippen molar-refractivity contribution in [3.05, 3.63) is 27.7 Å². The SMILES string of the molecule is CCCCCCCC(=O)Nc1c(Cl)cc(Cl)cc1C(=O)O. The van der Waals surface area contributed by atoms with Gasteiger partial charge in [0.1, 0.15) is 0 Å². The molecular formula is C15H19Cl2NO3. The van der Waals surface area contributed by atoms with Crippen molar-refractivity contribution in [2.24, 2.45) is 0 Å². The zero-order valence-electron chi connectivity index (χ0n) is 11.9. The molecule has 0 radical (unpaired) electrons. The Hall–Kier alpha value is -1.26. The molecule has 2 N–H and O–H groups in total. The molecule has 0 aliphatic rings. The molecular weight excluding hydrogens is 313 g/mol. The van der Waals surface area contributed by atoms with Gasteiger partial charge in [-0.1, -0.05) is 55.8 Å². The average Bonchev–Trinajstić information content (AvgIpc) is 2.41. The summed E-state index contributed by atoms with van der Waals surface area (Å²) in [5.74, 6) is -1.42. The van der Waals surface area contributed by atoms with Crippen molar-refractivity contribution in [2.75, 3.05) is 5.32 Å². The monoisotopic (exact) mass is 331 g/mol. The standard InChI is InChI=1S/C15H19Cl2NO3/c1-2-3-4-5-6-7-13(19)18-14-11(15(20)21)8-10(16)9-12(14)17/h8-9H,2-7H2,1H3,(H,18,19)(H,20,21). The Balaban J connectivity index is 2.65. The van der Waals surface area contributed by atoms with Crippen LogP contribution in [0.5, 0.6) is 0 Å². The number of carboxylic acids is 1. The molecule has 21 heavy (non-hydrogen) atoms. The largest absolute Gasteiger partial charge is 0.478 e. The van der Waals surface area contributed by atoms with Crippen molar-refractivity contribution < 1.29 is 14.7 Å². The molecule has 0 fully saturated rings. The zero-order valence-corrected chi connectivity index (χ0v) is 13.4. The van der Waals surface area contributed by atoms with E-state index < -0.39 is 5.97 Å². The number of carboxylic acid groups (broad SMARTS) is 1. The van der Waals surface area contributed by atoms with Crippen LogP contribution in [0.4, 0.5) is 5.69 Å². The van der Waals surface area contributed by atoms with Gasteiger partial charge in [-0.2, -0.15) is 0 Å². The lowest BCUT2D eigenvalue weighted by molar-refractivity contribution is -0.116. The molecule has 0 bridgehead atoms. The summed E-state index contributed by atoms with van der Waals surface area (Å²) in [5.41, 5.74) is -0.000965. The van der Waals surface area contributed by atoms with Gasteiger partial charge in [0.15, 0.2) is 0 Å². The summed E-state index contributed by atoms with van der Waals surface area (Å²) in [7, 11) is 0. The number of aromatic carboxylic acids is 1. The van der Waals surface area contributed by atoms with Gasteiger partial charge in [0, 0.05) is 11.4 Å². The first-order valence-corrected chi connectivity index (χ1v) is 7.73. The molecule has 0 aromatic heterocycles. The van der Waals surface area contributed by atoms with Crippen molar-refractivity contribution in [2.45, 2.75) is 45.4 Å². The second-order valence-electron chi connectivity index (χ2n) is 4.83. The van der Waals surface area contributed by atoms with E-state index in [1.807, 2.05) is 0 Å². The Bertz CT molecular complexity index is 518. The van der Waals surface area contributed by atoms with E-state index in [9.17, 15) is 9.59 Å². The number of benzene rings is 1. The lowest BCUT2D eigenvalue weighted by Gasteiger charge is -2.11. The molecule has 0 saturated heterocycles. The third-order valence-corrected chi connectivity index (χ3v) is 3.57. The number of halogens is 2. The summed E-state index contributed by atoms with van der Waals surface area (Å²) in [6, 6.07) is 2.68. The quantitative estimate of drug-likeness (QED) is 0.659. The van der Waals surface area contributed by atoms with Crippen molar-refractivity contribution in [3.63, 3.8) is 0 Å². The lowest BCUT2D eigenvalue weighted by atomic mass is 10.1. The van der Waals surface area contributed by atoms with Gasteiger partial charge in [0.05, 0.1) is 16.3 Å². The van der Waals surface area contributed by atoms with Crippen LogP contribution in [0.2, 0.25) is 10.0 Å². The van der Waals surface area contributed by atoms with Crippen LogP contribution in [-0.4, -0.2) is 17.0 Å². The van der Waals surface area contributed by atoms with Crippen LogP contribution in [0.15, 0.2) is 12.1 Å². The number of rotatable bonds is 8. The van der Waals surface area contributed by atoms with Crippen molar-refractivity contribution in [1.82, 2.24) is 0 Å². The molecule has 0 heterocycles. The highest BCUT2D eigenvalue weighted by atomic mass is 35.5. The number of hydrogen-bond donors (Lipinski definition) is 2. The van der Waals surface area contributed by atoms with E-state index in [0.29, 0.717) is 6.42 Å². The maximum Gasteiger partial charge on any atom is 0.337 e. The molecule has 0 spiro atoms. The van der Waals surface area contributed by atoms with Gasteiger partial charge in [0.2, 0.25) is 5.91 Å². The molecule has 0 atom stereocenters. The van der Waals surface area contributed by atoms with Gasteiger partial charge < -0.3 is 10.4 Å². The Morgan fingerprint density at radius 3 is 2.43 bits per heavy atom. The number of hydrogen-bond acceptors (Lipinski definition) is 2. The average molecular weight is 332 g/mol. The molecule has 1 amide bonds. The van der Waals surface area contributed by atoms with Gasteiger partial charge in [-0.25, -0.2) is 4.79 Å². The predicted octanol–water partition coefficient (Wildman–Crippen LogP) is 4.99. The second-order valence-corrected chi connectivity index (χ2v) is 5.67. The highest BCUT2D eigenvalue weighted by Gasteiger charge is 2.17. The Labute approximate surface area is 134 Å². The van der Waals surface area contributed by atoms with Gasteiger partial charge in [-0.3, -0.25) is 4.79 Å². The van der Waals surface area contributed by atoms with Crippen molar-refractivity contribution in [3.8, 4) is 0 Å². The lowest BCUT2D eigenvalue weighted by Crippen LogP contribution is -2.14. The van der Waals surface area contributed by atoms with E-state index in [-0.39, 0.29) is 27.2 Å². The first-order chi connectivity index (χ1) is 9.95. The predicted molar refractivity (Wildman–Crippen MR) is 85.4 cm³/mol. The summed E-state index contributed by atoms with van der Waals surface area (Å²) in [6.07, 6.45) is 5.52. The van der Waals surface area contributed by atoms with Gasteiger partial charge in [-0.15, -0.1) is 0 Å². The molecule has 116 valence electrons. The van der Waals surface area contributed by atoms with Crippen LogP contribution in [0.3, 0.4) is 0 Å². The highest BCUT2D eigenvalue weighted by molar-refractivity contribution is 6.37. The van der Waals surface area contributed by atoms with Crippen molar-refractivity contribution >= 4 is 40.8 Å². The van der Waals surface area contributed by atoms with Gasteiger partial charge in [-0.05, 0) is 18.6 Å². The van der Waals surface area contributed by atoms with E-state index >= 15 is 0 Å². The summed E-state index contributed by atoms with van der Waals surface area (Å²) < 4.78 is 0. The highest BCUT2D eigenvalue weighted by Crippen LogP contribution is 2.30. The first-order valence-electron chi connectivity index (χ1n) is 6.98. The number of carbonyl (C=O) groups excluding carboxylic acids is 1. The second kappa shape index (κ2) is 8.90. The minimum atomic E-state index is -1.18. The summed E-state index contributed by atoms with van der Waals surface area (Å²) in [4.78, 5) is 23.0. The fourth-order valence-corrected chi connectivity index (χ4v) is 2.50. The smallest absolute Gasteiger partial charge is 0.337 e. The van der Waals surface area contributed by atoms with Crippen LogP contribution < -0.4 is 5.32 Å². The van der Waals surface area contributed by atoms with E-state index in [1.165, 1.54) is 12.1 Å². The summed E-state index contributed by atoms with van der Waals surface area (Å²) in [5, 5.41) is 12.0. The van der Waals surface area contributed by atoms with Gasteiger partial charge in [0.25, 0.3) is 0 Å². The molecule has 6 heteroatoms. The van der Waals surface area contributed by atoms with E-state index in [2.05, 4.69) is 12.2 Å². The fourth-order valence-electron chi connectivity index (χ4n) is 1.96. The minimum absolute atomic E-state index is 0.104. The molecule has 4 nitrogen and oxygen atoms in total.